The van der Waals surface area contributed by atoms with Crippen molar-refractivity contribution in [3.8, 4) is 5.75 Å². The number of ketones is 1. The highest BCUT2D eigenvalue weighted by Crippen LogP contribution is 2.34. The van der Waals surface area contributed by atoms with E-state index in [-0.39, 0.29) is 11.7 Å². The molecular weight excluding hydrogens is 405 g/mol. The highest BCUT2D eigenvalue weighted by atomic mass is 127. The minimum absolute atomic E-state index is 0.0293. The molecule has 0 unspecified atom stereocenters. The second-order valence-electron chi connectivity index (χ2n) is 6.11. The van der Waals surface area contributed by atoms with Gasteiger partial charge < -0.3 is 10.1 Å². The van der Waals surface area contributed by atoms with Crippen LogP contribution in [0.1, 0.15) is 41.0 Å². The highest BCUT2D eigenvalue weighted by Gasteiger charge is 2.32. The van der Waals surface area contributed by atoms with Gasteiger partial charge in [0.2, 0.25) is 0 Å². The number of hydrogen-bond donors (Lipinski definition) is 1. The lowest BCUT2D eigenvalue weighted by atomic mass is 9.93. The number of halogens is 1. The fraction of sp³-hybridized carbons (Fsp3) is 0.222. The van der Waals surface area contributed by atoms with E-state index in [1.165, 1.54) is 0 Å². The lowest BCUT2D eigenvalue weighted by Gasteiger charge is -2.31. The minimum atomic E-state index is -0.491. The molecule has 0 spiro atoms. The lowest BCUT2D eigenvalue weighted by molar-refractivity contribution is 0.0620. The molecule has 0 fully saturated rings. The van der Waals surface area contributed by atoms with Gasteiger partial charge in [0, 0.05) is 9.26 Å². The van der Waals surface area contributed by atoms with Crippen molar-refractivity contribution >= 4 is 40.0 Å². The number of fused-ring (bicyclic) bond motifs is 1. The third-order valence-electron chi connectivity index (χ3n) is 3.63. The number of hydrogen-bond acceptors (Lipinski definition) is 3. The van der Waals surface area contributed by atoms with Gasteiger partial charge >= 0.3 is 0 Å². The van der Waals surface area contributed by atoms with E-state index >= 15 is 0 Å². The zero-order chi connectivity index (χ0) is 16.6. The Hall–Kier alpha value is -1.89. The Morgan fingerprint density at radius 1 is 1.22 bits per heavy atom. The van der Waals surface area contributed by atoms with Crippen molar-refractivity contribution < 1.29 is 14.3 Å². The molecule has 23 heavy (non-hydrogen) atoms. The Morgan fingerprint density at radius 3 is 2.70 bits per heavy atom. The predicted octanol–water partition coefficient (Wildman–Crippen LogP) is 4.29. The van der Waals surface area contributed by atoms with Crippen molar-refractivity contribution in [1.29, 1.82) is 0 Å². The normalized spacial score (nSPS) is 15.5. The van der Waals surface area contributed by atoms with Crippen LogP contribution in [0, 0.1) is 3.57 Å². The number of anilines is 1. The van der Waals surface area contributed by atoms with Crippen LogP contribution in [0.15, 0.2) is 42.5 Å². The van der Waals surface area contributed by atoms with Gasteiger partial charge in [-0.3, -0.25) is 9.59 Å². The summed E-state index contributed by atoms with van der Waals surface area (Å²) in [6.07, 6.45) is 0.327. The zero-order valence-electron chi connectivity index (χ0n) is 12.9. The fourth-order valence-electron chi connectivity index (χ4n) is 2.57. The number of rotatable bonds is 2. The topological polar surface area (TPSA) is 55.4 Å². The smallest absolute Gasteiger partial charge is 0.256 e. The second-order valence-corrected chi connectivity index (χ2v) is 7.27. The van der Waals surface area contributed by atoms with Crippen LogP contribution in [-0.2, 0) is 0 Å². The van der Waals surface area contributed by atoms with Crippen LogP contribution in [-0.4, -0.2) is 17.3 Å². The third-order valence-corrected chi connectivity index (χ3v) is 4.57. The highest BCUT2D eigenvalue weighted by molar-refractivity contribution is 14.1. The summed E-state index contributed by atoms with van der Waals surface area (Å²) in [4.78, 5) is 24.6. The van der Waals surface area contributed by atoms with Crippen LogP contribution in [0.3, 0.4) is 0 Å². The van der Waals surface area contributed by atoms with Gasteiger partial charge in [-0.2, -0.15) is 0 Å². The Balaban J connectivity index is 1.86. The second kappa shape index (κ2) is 5.96. The molecule has 1 aliphatic rings. The summed E-state index contributed by atoms with van der Waals surface area (Å²) in [5.41, 5.74) is 1.22. The standard InChI is InChI=1S/C18H16INO3/c1-18(2)10-15(21)13-9-11(7-8-16(13)23-18)20-17(22)12-5-3-4-6-14(12)19/h3-9H,10H2,1-2H3,(H,20,22). The first-order valence-electron chi connectivity index (χ1n) is 7.28. The molecule has 1 amide bonds. The van der Waals surface area contributed by atoms with Crippen molar-refractivity contribution in [2.24, 2.45) is 0 Å². The number of Topliss-reactive ketones (excluding diaryl/α,β-unsaturated/α-hetero) is 1. The van der Waals surface area contributed by atoms with Crippen molar-refractivity contribution in [1.82, 2.24) is 0 Å². The maximum atomic E-state index is 12.4. The number of amides is 1. The Bertz CT molecular complexity index is 799. The summed E-state index contributed by atoms with van der Waals surface area (Å²) in [6, 6.07) is 12.5. The Kier molecular flexibility index (Phi) is 4.14. The van der Waals surface area contributed by atoms with E-state index in [1.54, 1.807) is 24.3 Å². The average Bonchev–Trinajstić information content (AvgIpc) is 2.47. The molecule has 1 aliphatic heterocycles. The summed E-state index contributed by atoms with van der Waals surface area (Å²) in [5, 5.41) is 2.84. The van der Waals surface area contributed by atoms with Gasteiger partial charge in [-0.15, -0.1) is 0 Å². The largest absolute Gasteiger partial charge is 0.487 e. The van der Waals surface area contributed by atoms with Gasteiger partial charge in [0.05, 0.1) is 17.5 Å². The summed E-state index contributed by atoms with van der Waals surface area (Å²) < 4.78 is 6.70. The predicted molar refractivity (Wildman–Crippen MR) is 97.2 cm³/mol. The number of nitrogens with one attached hydrogen (secondary N) is 1. The fourth-order valence-corrected chi connectivity index (χ4v) is 3.21. The number of ether oxygens (including phenoxy) is 1. The van der Waals surface area contributed by atoms with Crippen molar-refractivity contribution in [2.75, 3.05) is 5.32 Å². The van der Waals surface area contributed by atoms with Gasteiger partial charge in [-0.25, -0.2) is 0 Å². The van der Waals surface area contributed by atoms with Crippen LogP contribution in [0.25, 0.3) is 0 Å². The maximum Gasteiger partial charge on any atom is 0.256 e. The van der Waals surface area contributed by atoms with Crippen LogP contribution < -0.4 is 10.1 Å². The summed E-state index contributed by atoms with van der Waals surface area (Å²) in [6.45, 7) is 3.78. The molecular formula is C18H16INO3. The van der Waals surface area contributed by atoms with E-state index in [2.05, 4.69) is 27.9 Å². The van der Waals surface area contributed by atoms with Crippen molar-refractivity contribution in [2.45, 2.75) is 25.9 Å². The number of carbonyl (C=O) groups excluding carboxylic acids is 2. The first-order valence-corrected chi connectivity index (χ1v) is 8.36. The molecule has 3 rings (SSSR count). The first-order chi connectivity index (χ1) is 10.9. The van der Waals surface area contributed by atoms with Crippen LogP contribution in [0.4, 0.5) is 5.69 Å². The van der Waals surface area contributed by atoms with Gasteiger partial charge in [-0.05, 0) is 66.8 Å². The van der Waals surface area contributed by atoms with Crippen LogP contribution in [0.2, 0.25) is 0 Å². The third kappa shape index (κ3) is 3.39. The molecule has 2 aromatic carbocycles. The van der Waals surface area contributed by atoms with Crippen molar-refractivity contribution in [3.63, 3.8) is 0 Å². The molecule has 1 heterocycles. The number of carbonyl (C=O) groups is 2. The summed E-state index contributed by atoms with van der Waals surface area (Å²) in [7, 11) is 0. The van der Waals surface area contributed by atoms with Gasteiger partial charge in [0.15, 0.2) is 5.78 Å². The van der Waals surface area contributed by atoms with E-state index in [4.69, 9.17) is 4.74 Å². The number of benzene rings is 2. The molecule has 5 heteroatoms. The monoisotopic (exact) mass is 421 g/mol. The molecule has 1 N–H and O–H groups in total. The lowest BCUT2D eigenvalue weighted by Crippen LogP contribution is -2.35. The molecule has 2 aromatic rings. The minimum Gasteiger partial charge on any atom is -0.487 e. The molecule has 0 aliphatic carbocycles. The quantitative estimate of drug-likeness (QED) is 0.737. The van der Waals surface area contributed by atoms with Crippen LogP contribution >= 0.6 is 22.6 Å². The average molecular weight is 421 g/mol. The van der Waals surface area contributed by atoms with E-state index in [0.717, 1.165) is 3.57 Å². The first kappa shape index (κ1) is 16.0. The molecule has 0 aromatic heterocycles. The molecule has 118 valence electrons. The molecule has 0 bridgehead atoms. The van der Waals surface area contributed by atoms with E-state index in [0.29, 0.717) is 29.0 Å². The van der Waals surface area contributed by atoms with Gasteiger partial charge in [-0.1, -0.05) is 12.1 Å². The van der Waals surface area contributed by atoms with E-state index < -0.39 is 5.60 Å². The Labute approximate surface area is 148 Å². The van der Waals surface area contributed by atoms with Gasteiger partial charge in [0.25, 0.3) is 5.91 Å². The van der Waals surface area contributed by atoms with E-state index in [9.17, 15) is 9.59 Å². The zero-order valence-corrected chi connectivity index (χ0v) is 15.0. The Morgan fingerprint density at radius 2 is 1.96 bits per heavy atom. The molecule has 0 saturated heterocycles. The van der Waals surface area contributed by atoms with Crippen molar-refractivity contribution in [3.05, 3.63) is 57.2 Å². The van der Waals surface area contributed by atoms with Gasteiger partial charge in [0.1, 0.15) is 11.4 Å². The summed E-state index contributed by atoms with van der Waals surface area (Å²) >= 11 is 2.12. The molecule has 4 nitrogen and oxygen atoms in total. The SMILES string of the molecule is CC1(C)CC(=O)c2cc(NC(=O)c3ccccc3I)ccc2O1. The molecule has 0 radical (unpaired) electrons. The van der Waals surface area contributed by atoms with E-state index in [1.807, 2.05) is 32.0 Å². The van der Waals surface area contributed by atoms with Crippen LogP contribution in [0.5, 0.6) is 5.75 Å². The summed E-state index contributed by atoms with van der Waals surface area (Å²) in [5.74, 6) is 0.402. The maximum absolute atomic E-state index is 12.4. The molecule has 0 atom stereocenters. The molecule has 0 saturated carbocycles.